The van der Waals surface area contributed by atoms with Gasteiger partial charge in [0, 0.05) is 17.0 Å². The number of hydrogen-bond donors (Lipinski definition) is 1. The van der Waals surface area contributed by atoms with Crippen LogP contribution in [0.25, 0.3) is 11.0 Å². The first-order valence-corrected chi connectivity index (χ1v) is 10.4. The number of nitrogens with one attached hydrogen (secondary N) is 1. The van der Waals surface area contributed by atoms with E-state index in [0.29, 0.717) is 11.1 Å². The fourth-order valence-corrected chi connectivity index (χ4v) is 4.07. The second-order valence-corrected chi connectivity index (χ2v) is 8.60. The van der Waals surface area contributed by atoms with E-state index in [0.717, 1.165) is 16.5 Å². The van der Waals surface area contributed by atoms with Crippen LogP contribution in [-0.4, -0.2) is 20.4 Å². The fourth-order valence-electron chi connectivity index (χ4n) is 2.87. The topological polar surface area (TPSA) is 103 Å². The molecule has 2 aromatic carbocycles. The zero-order valence-corrected chi connectivity index (χ0v) is 17.3. The lowest BCUT2D eigenvalue weighted by molar-refractivity contribution is -0.135. The highest BCUT2D eigenvalue weighted by molar-refractivity contribution is 7.89. The summed E-state index contributed by atoms with van der Waals surface area (Å²) in [5.41, 5.74) is 1.97. The van der Waals surface area contributed by atoms with Crippen LogP contribution in [0.15, 0.2) is 56.6 Å². The second-order valence-electron chi connectivity index (χ2n) is 6.89. The smallest absolute Gasteiger partial charge is 0.336 e. The summed E-state index contributed by atoms with van der Waals surface area (Å²) in [5.74, 6) is -0.587. The van der Waals surface area contributed by atoms with Gasteiger partial charge in [-0.25, -0.2) is 18.0 Å². The highest BCUT2D eigenvalue weighted by Gasteiger charge is 2.24. The standard InChI is InChI=1S/C21H21NO6S/c1-12-5-7-16(8-6-12)29(25,26)22-15(4)21(24)27-18-10-9-17-13(2)11-19(23)28-20(17)14(18)3/h5-11,15,22H,1-4H3. The molecule has 29 heavy (non-hydrogen) atoms. The van der Waals surface area contributed by atoms with Gasteiger partial charge in [-0.3, -0.25) is 0 Å². The normalized spacial score (nSPS) is 12.7. The number of sulfonamides is 1. The van der Waals surface area contributed by atoms with E-state index in [1.807, 2.05) is 6.92 Å². The molecule has 0 aliphatic carbocycles. The maximum atomic E-state index is 12.5. The van der Waals surface area contributed by atoms with Crippen molar-refractivity contribution in [2.24, 2.45) is 0 Å². The molecule has 0 fully saturated rings. The van der Waals surface area contributed by atoms with Crippen molar-refractivity contribution in [1.82, 2.24) is 4.72 Å². The van der Waals surface area contributed by atoms with Gasteiger partial charge in [0.15, 0.2) is 0 Å². The molecule has 0 bridgehead atoms. The quantitative estimate of drug-likeness (QED) is 0.390. The van der Waals surface area contributed by atoms with E-state index < -0.39 is 27.7 Å². The first kappa shape index (κ1) is 20.8. The molecule has 1 atom stereocenters. The molecule has 152 valence electrons. The fraction of sp³-hybridized carbons (Fsp3) is 0.238. The van der Waals surface area contributed by atoms with Gasteiger partial charge in [-0.2, -0.15) is 4.72 Å². The van der Waals surface area contributed by atoms with Gasteiger partial charge >= 0.3 is 11.6 Å². The maximum absolute atomic E-state index is 12.5. The molecule has 1 heterocycles. The van der Waals surface area contributed by atoms with Crippen LogP contribution < -0.4 is 15.1 Å². The number of benzene rings is 2. The predicted molar refractivity (Wildman–Crippen MR) is 109 cm³/mol. The van der Waals surface area contributed by atoms with Crippen LogP contribution in [0.3, 0.4) is 0 Å². The Bertz CT molecular complexity index is 1240. The van der Waals surface area contributed by atoms with E-state index in [1.54, 1.807) is 38.1 Å². The predicted octanol–water partition coefficient (Wildman–Crippen LogP) is 2.99. The molecule has 3 aromatic rings. The van der Waals surface area contributed by atoms with Crippen LogP contribution in [0.2, 0.25) is 0 Å². The molecule has 0 saturated heterocycles. The second kappa shape index (κ2) is 7.81. The molecule has 1 N–H and O–H groups in total. The molecule has 0 radical (unpaired) electrons. The minimum atomic E-state index is -3.88. The molecular weight excluding hydrogens is 394 g/mol. The number of aryl methyl sites for hydroxylation is 3. The van der Waals surface area contributed by atoms with Gasteiger partial charge in [-0.1, -0.05) is 17.7 Å². The summed E-state index contributed by atoms with van der Waals surface area (Å²) in [6.07, 6.45) is 0. The van der Waals surface area contributed by atoms with Gasteiger partial charge in [0.25, 0.3) is 0 Å². The Kier molecular flexibility index (Phi) is 5.59. The number of carbonyl (C=O) groups excluding carboxylic acids is 1. The van der Waals surface area contributed by atoms with E-state index in [2.05, 4.69) is 4.72 Å². The molecule has 3 rings (SSSR count). The molecule has 8 heteroatoms. The van der Waals surface area contributed by atoms with Crippen LogP contribution in [-0.2, 0) is 14.8 Å². The molecule has 1 aromatic heterocycles. The summed E-state index contributed by atoms with van der Waals surface area (Å²) in [7, 11) is -3.88. The zero-order chi connectivity index (χ0) is 21.3. The largest absolute Gasteiger partial charge is 0.425 e. The molecule has 0 saturated carbocycles. The van der Waals surface area contributed by atoms with Crippen molar-refractivity contribution in [3.63, 3.8) is 0 Å². The zero-order valence-electron chi connectivity index (χ0n) is 16.5. The van der Waals surface area contributed by atoms with Gasteiger partial charge in [0.2, 0.25) is 10.0 Å². The number of carbonyl (C=O) groups is 1. The van der Waals surface area contributed by atoms with Crippen molar-refractivity contribution < 1.29 is 22.4 Å². The molecule has 0 aliphatic heterocycles. The summed E-state index contributed by atoms with van der Waals surface area (Å²) in [6.45, 7) is 6.69. The van der Waals surface area contributed by atoms with Crippen molar-refractivity contribution in [2.75, 3.05) is 0 Å². The Morgan fingerprint density at radius 3 is 2.38 bits per heavy atom. The molecule has 1 unspecified atom stereocenters. The molecule has 0 amide bonds. The van der Waals surface area contributed by atoms with E-state index in [1.165, 1.54) is 25.1 Å². The minimum Gasteiger partial charge on any atom is -0.425 e. The molecule has 7 nitrogen and oxygen atoms in total. The minimum absolute atomic E-state index is 0.0573. The number of hydrogen-bond acceptors (Lipinski definition) is 6. The highest BCUT2D eigenvalue weighted by atomic mass is 32.2. The maximum Gasteiger partial charge on any atom is 0.336 e. The lowest BCUT2D eigenvalue weighted by atomic mass is 10.1. The Hall–Kier alpha value is -2.97. The first-order chi connectivity index (χ1) is 13.6. The van der Waals surface area contributed by atoms with Crippen LogP contribution in [0, 0.1) is 20.8 Å². The Morgan fingerprint density at radius 1 is 1.07 bits per heavy atom. The first-order valence-electron chi connectivity index (χ1n) is 8.93. The summed E-state index contributed by atoms with van der Waals surface area (Å²) in [4.78, 5) is 24.2. The monoisotopic (exact) mass is 415 g/mol. The van der Waals surface area contributed by atoms with Gasteiger partial charge < -0.3 is 9.15 Å². The van der Waals surface area contributed by atoms with E-state index in [-0.39, 0.29) is 10.6 Å². The number of esters is 1. The van der Waals surface area contributed by atoms with Gasteiger partial charge in [-0.05, 0) is 57.5 Å². The number of rotatable bonds is 5. The van der Waals surface area contributed by atoms with Crippen LogP contribution in [0.5, 0.6) is 5.75 Å². The number of ether oxygens (including phenoxy) is 1. The Balaban J connectivity index is 1.82. The van der Waals surface area contributed by atoms with Crippen LogP contribution in [0.1, 0.15) is 23.6 Å². The van der Waals surface area contributed by atoms with Gasteiger partial charge in [-0.15, -0.1) is 0 Å². The van der Waals surface area contributed by atoms with E-state index >= 15 is 0 Å². The van der Waals surface area contributed by atoms with Crippen LogP contribution in [0.4, 0.5) is 0 Å². The average molecular weight is 415 g/mol. The number of fused-ring (bicyclic) bond motifs is 1. The third-order valence-corrected chi connectivity index (χ3v) is 6.10. The lowest BCUT2D eigenvalue weighted by Crippen LogP contribution is -2.40. The van der Waals surface area contributed by atoms with Crippen molar-refractivity contribution in [2.45, 2.75) is 38.6 Å². The summed E-state index contributed by atoms with van der Waals surface area (Å²) in [6, 6.07) is 9.81. The van der Waals surface area contributed by atoms with Crippen molar-refractivity contribution in [3.05, 3.63) is 69.6 Å². The van der Waals surface area contributed by atoms with E-state index in [9.17, 15) is 18.0 Å². The SMILES string of the molecule is Cc1ccc(S(=O)(=O)NC(C)C(=O)Oc2ccc3c(C)cc(=O)oc3c2C)cc1. The molecule has 0 aliphatic rings. The van der Waals surface area contributed by atoms with E-state index in [4.69, 9.17) is 9.15 Å². The van der Waals surface area contributed by atoms with Crippen molar-refractivity contribution >= 4 is 27.0 Å². The third-order valence-electron chi connectivity index (χ3n) is 4.55. The average Bonchev–Trinajstić information content (AvgIpc) is 2.64. The lowest BCUT2D eigenvalue weighted by Gasteiger charge is -2.15. The van der Waals surface area contributed by atoms with Crippen molar-refractivity contribution in [3.8, 4) is 5.75 Å². The molecular formula is C21H21NO6S. The summed E-state index contributed by atoms with van der Waals surface area (Å²) < 4.78 is 37.8. The van der Waals surface area contributed by atoms with Gasteiger partial charge in [0.1, 0.15) is 17.4 Å². The van der Waals surface area contributed by atoms with Gasteiger partial charge in [0.05, 0.1) is 4.90 Å². The summed E-state index contributed by atoms with van der Waals surface area (Å²) >= 11 is 0. The third kappa shape index (κ3) is 4.38. The van der Waals surface area contributed by atoms with Crippen molar-refractivity contribution in [1.29, 1.82) is 0 Å². The summed E-state index contributed by atoms with van der Waals surface area (Å²) in [5, 5.41) is 0.732. The van der Waals surface area contributed by atoms with Crippen LogP contribution >= 0.6 is 0 Å². The highest BCUT2D eigenvalue weighted by Crippen LogP contribution is 2.28. The molecule has 0 spiro atoms. The Labute approximate surface area is 168 Å². The Morgan fingerprint density at radius 2 is 1.72 bits per heavy atom.